The first-order valence-electron chi connectivity index (χ1n) is 6.53. The number of esters is 1. The Morgan fingerprint density at radius 3 is 2.61 bits per heavy atom. The van der Waals surface area contributed by atoms with Gasteiger partial charge in [0.15, 0.2) is 12.4 Å². The lowest BCUT2D eigenvalue weighted by molar-refractivity contribution is 0.0437. The monoisotopic (exact) mass is 358 g/mol. The van der Waals surface area contributed by atoms with Crippen LogP contribution in [0.3, 0.4) is 0 Å². The Morgan fingerprint density at radius 1 is 1.35 bits per heavy atom. The van der Waals surface area contributed by atoms with E-state index in [9.17, 15) is 13.2 Å². The molecule has 7 nitrogen and oxygen atoms in total. The molecule has 1 heterocycles. The van der Waals surface area contributed by atoms with Gasteiger partial charge < -0.3 is 9.26 Å². The number of hydrogen-bond donors (Lipinski definition) is 0. The van der Waals surface area contributed by atoms with Crippen LogP contribution in [0.4, 0.5) is 0 Å². The van der Waals surface area contributed by atoms with Crippen molar-refractivity contribution in [2.24, 2.45) is 0 Å². The number of nitrogens with zero attached hydrogens (tertiary/aromatic N) is 2. The van der Waals surface area contributed by atoms with E-state index in [1.807, 2.05) is 0 Å². The van der Waals surface area contributed by atoms with Crippen LogP contribution in [0.5, 0.6) is 0 Å². The lowest BCUT2D eigenvalue weighted by Crippen LogP contribution is -2.22. The van der Waals surface area contributed by atoms with Crippen molar-refractivity contribution < 1.29 is 22.5 Å². The normalized spacial score (nSPS) is 11.7. The molecule has 0 spiro atoms. The molecule has 9 heteroatoms. The van der Waals surface area contributed by atoms with Crippen LogP contribution in [0, 0.1) is 6.92 Å². The molecule has 0 bridgehead atoms. The molecule has 1 aromatic heterocycles. The zero-order chi connectivity index (χ0) is 17.2. The second kappa shape index (κ2) is 6.69. The highest BCUT2D eigenvalue weighted by Gasteiger charge is 2.21. The van der Waals surface area contributed by atoms with E-state index in [4.69, 9.17) is 20.9 Å². The molecule has 2 aromatic rings. The number of benzene rings is 1. The van der Waals surface area contributed by atoms with Crippen molar-refractivity contribution in [3.8, 4) is 0 Å². The lowest BCUT2D eigenvalue weighted by atomic mass is 10.2. The summed E-state index contributed by atoms with van der Waals surface area (Å²) in [5.41, 5.74) is 0.624. The Hall–Kier alpha value is -1.90. The molecule has 0 unspecified atom stereocenters. The van der Waals surface area contributed by atoms with Crippen LogP contribution in [0.1, 0.15) is 21.8 Å². The van der Waals surface area contributed by atoms with Crippen molar-refractivity contribution >= 4 is 27.6 Å². The van der Waals surface area contributed by atoms with Gasteiger partial charge in [0, 0.05) is 20.2 Å². The average molecular weight is 359 g/mol. The van der Waals surface area contributed by atoms with E-state index >= 15 is 0 Å². The van der Waals surface area contributed by atoms with Gasteiger partial charge in [0.1, 0.15) is 0 Å². The number of ether oxygens (including phenoxy) is 1. The minimum absolute atomic E-state index is 0.0363. The molecule has 0 saturated carbocycles. The molecule has 23 heavy (non-hydrogen) atoms. The summed E-state index contributed by atoms with van der Waals surface area (Å²) in [6.45, 7) is 1.61. The van der Waals surface area contributed by atoms with Gasteiger partial charge in [-0.15, -0.1) is 0 Å². The van der Waals surface area contributed by atoms with E-state index in [2.05, 4.69) is 5.16 Å². The van der Waals surface area contributed by atoms with E-state index in [1.54, 1.807) is 13.0 Å². The number of sulfonamides is 1. The molecule has 2 rings (SSSR count). The molecule has 0 N–H and O–H groups in total. The average Bonchev–Trinajstić information content (AvgIpc) is 2.90. The van der Waals surface area contributed by atoms with Gasteiger partial charge in [0.2, 0.25) is 10.0 Å². The maximum Gasteiger partial charge on any atom is 0.340 e. The van der Waals surface area contributed by atoms with Gasteiger partial charge in [-0.2, -0.15) is 0 Å². The first-order valence-corrected chi connectivity index (χ1v) is 8.35. The Bertz CT molecular complexity index is 829. The second-order valence-electron chi connectivity index (χ2n) is 4.94. The molecule has 0 aliphatic rings. The van der Waals surface area contributed by atoms with E-state index in [0.717, 1.165) is 4.31 Å². The highest BCUT2D eigenvalue weighted by Crippen LogP contribution is 2.23. The van der Waals surface area contributed by atoms with Crippen molar-refractivity contribution in [3.05, 3.63) is 46.3 Å². The molecule has 0 aliphatic heterocycles. The molecule has 0 amide bonds. The standard InChI is InChI=1S/C14H15ClN2O5S/c1-9-6-10(22-16-9)8-21-14(18)12-7-11(4-5-13(12)15)23(19,20)17(2)3/h4-7H,8H2,1-3H3. The smallest absolute Gasteiger partial charge is 0.340 e. The SMILES string of the molecule is Cc1cc(COC(=O)c2cc(S(=O)(=O)N(C)C)ccc2Cl)on1. The number of carbonyl (C=O) groups excluding carboxylic acids is 1. The Labute approximate surface area is 138 Å². The first-order chi connectivity index (χ1) is 10.7. The molecule has 0 atom stereocenters. The third kappa shape index (κ3) is 3.90. The fraction of sp³-hybridized carbons (Fsp3) is 0.286. The van der Waals surface area contributed by atoms with Crippen molar-refractivity contribution in [2.45, 2.75) is 18.4 Å². The van der Waals surface area contributed by atoms with Gasteiger partial charge in [-0.25, -0.2) is 17.5 Å². The second-order valence-corrected chi connectivity index (χ2v) is 7.50. The van der Waals surface area contributed by atoms with Crippen LogP contribution >= 0.6 is 11.6 Å². The predicted octanol–water partition coefficient (Wildman–Crippen LogP) is 2.24. The fourth-order valence-corrected chi connectivity index (χ4v) is 2.85. The van der Waals surface area contributed by atoms with E-state index < -0.39 is 16.0 Å². The number of carbonyl (C=O) groups is 1. The minimum Gasteiger partial charge on any atom is -0.454 e. The highest BCUT2D eigenvalue weighted by atomic mass is 35.5. The van der Waals surface area contributed by atoms with Crippen LogP contribution in [0.2, 0.25) is 5.02 Å². The van der Waals surface area contributed by atoms with Gasteiger partial charge >= 0.3 is 5.97 Å². The highest BCUT2D eigenvalue weighted by molar-refractivity contribution is 7.89. The number of aryl methyl sites for hydroxylation is 1. The Morgan fingerprint density at radius 2 is 2.04 bits per heavy atom. The predicted molar refractivity (Wildman–Crippen MR) is 82.7 cm³/mol. The zero-order valence-corrected chi connectivity index (χ0v) is 14.3. The molecule has 0 aliphatic carbocycles. The van der Waals surface area contributed by atoms with E-state index in [1.165, 1.54) is 32.3 Å². The topological polar surface area (TPSA) is 89.7 Å². The van der Waals surface area contributed by atoms with Crippen molar-refractivity contribution in [2.75, 3.05) is 14.1 Å². The number of halogens is 1. The lowest BCUT2D eigenvalue weighted by Gasteiger charge is -2.12. The summed E-state index contributed by atoms with van der Waals surface area (Å²) in [6.07, 6.45) is 0. The third-order valence-corrected chi connectivity index (χ3v) is 5.10. The fourth-order valence-electron chi connectivity index (χ4n) is 1.73. The van der Waals surface area contributed by atoms with Gasteiger partial charge in [0.25, 0.3) is 0 Å². The summed E-state index contributed by atoms with van der Waals surface area (Å²) >= 11 is 5.96. The minimum atomic E-state index is -3.68. The first kappa shape index (κ1) is 17.5. The molecule has 0 fully saturated rings. The summed E-state index contributed by atoms with van der Waals surface area (Å²) in [7, 11) is -0.881. The maximum absolute atomic E-state index is 12.1. The van der Waals surface area contributed by atoms with Crippen LogP contribution in [0.25, 0.3) is 0 Å². The number of hydrogen-bond acceptors (Lipinski definition) is 6. The van der Waals surface area contributed by atoms with Crippen LogP contribution in [-0.2, 0) is 21.4 Å². The molecular weight excluding hydrogens is 344 g/mol. The molecular formula is C14H15ClN2O5S. The van der Waals surface area contributed by atoms with Crippen LogP contribution in [-0.4, -0.2) is 37.9 Å². The molecule has 1 aromatic carbocycles. The summed E-state index contributed by atoms with van der Waals surface area (Å²) in [6, 6.07) is 5.48. The Balaban J connectivity index is 2.23. The van der Waals surface area contributed by atoms with E-state index in [0.29, 0.717) is 11.5 Å². The molecule has 0 radical (unpaired) electrons. The zero-order valence-electron chi connectivity index (χ0n) is 12.7. The molecule has 0 saturated heterocycles. The van der Waals surface area contributed by atoms with Gasteiger partial charge in [-0.05, 0) is 25.1 Å². The maximum atomic E-state index is 12.1. The summed E-state index contributed by atoms with van der Waals surface area (Å²) < 4.78 is 35.3. The quantitative estimate of drug-likeness (QED) is 0.761. The summed E-state index contributed by atoms with van der Waals surface area (Å²) in [5, 5.41) is 3.77. The molecule has 124 valence electrons. The summed E-state index contributed by atoms with van der Waals surface area (Å²) in [5.74, 6) is -0.371. The van der Waals surface area contributed by atoms with E-state index in [-0.39, 0.29) is 22.1 Å². The van der Waals surface area contributed by atoms with Crippen LogP contribution < -0.4 is 0 Å². The van der Waals surface area contributed by atoms with Gasteiger partial charge in [0.05, 0.1) is 21.2 Å². The van der Waals surface area contributed by atoms with Gasteiger partial charge in [-0.1, -0.05) is 16.8 Å². The number of rotatable bonds is 5. The van der Waals surface area contributed by atoms with Crippen molar-refractivity contribution in [1.82, 2.24) is 9.46 Å². The third-order valence-electron chi connectivity index (χ3n) is 2.96. The number of aromatic nitrogens is 1. The van der Waals surface area contributed by atoms with Crippen LogP contribution in [0.15, 0.2) is 33.7 Å². The summed E-state index contributed by atoms with van der Waals surface area (Å²) in [4.78, 5) is 12.1. The Kier molecular flexibility index (Phi) is 5.08. The largest absolute Gasteiger partial charge is 0.454 e. The van der Waals surface area contributed by atoms with Gasteiger partial charge in [-0.3, -0.25) is 0 Å². The van der Waals surface area contributed by atoms with Crippen molar-refractivity contribution in [3.63, 3.8) is 0 Å². The van der Waals surface area contributed by atoms with Crippen molar-refractivity contribution in [1.29, 1.82) is 0 Å².